The SMILES string of the molecule is CCCCCC1(CCCCC)O[C@@H]2[C@H](O1)[C@H]1ON(Cc3cccc(C=CCO[C@H]4O[C@H](CO)[C@H](O)[C@H](O)[C@H]4O)c3)[C@H]3C(=O)O[C@@H]2C[C@@]13C(=O)NCc1cccc(C(=O)N[C@H](CO)CCC(=O)OC(C)(C)C)c1. The van der Waals surface area contributed by atoms with E-state index < -0.39 is 114 Å². The summed E-state index contributed by atoms with van der Waals surface area (Å²) < 4.78 is 36.6. The number of hydrogen-bond donors (Lipinski definition) is 7. The molecule has 0 spiro atoms. The van der Waals surface area contributed by atoms with Crippen LogP contribution in [0.4, 0.5) is 0 Å². The minimum Gasteiger partial charge on any atom is -0.460 e. The van der Waals surface area contributed by atoms with Crippen molar-refractivity contribution >= 4 is 29.8 Å². The van der Waals surface area contributed by atoms with Gasteiger partial charge in [0.05, 0.1) is 32.4 Å². The Hall–Kier alpha value is -4.38. The highest BCUT2D eigenvalue weighted by atomic mass is 16.8. The van der Waals surface area contributed by atoms with E-state index in [1.165, 1.54) is 5.06 Å². The van der Waals surface area contributed by atoms with E-state index in [1.54, 1.807) is 57.2 Å². The molecule has 398 valence electrons. The highest BCUT2D eigenvalue weighted by Gasteiger charge is 2.76. The van der Waals surface area contributed by atoms with Crippen LogP contribution >= 0.6 is 0 Å². The van der Waals surface area contributed by atoms with Crippen LogP contribution < -0.4 is 10.6 Å². The number of fused-ring (bicyclic) bond motifs is 4. The molecule has 1 saturated carbocycles. The topological polar surface area (TPSA) is 261 Å². The monoisotopic (exact) mass is 1010 g/mol. The number of hydrogen-bond acceptors (Lipinski definition) is 17. The molecule has 19 heteroatoms. The number of carbonyl (C=O) groups is 4. The summed E-state index contributed by atoms with van der Waals surface area (Å²) in [6, 6.07) is 12.3. The Bertz CT molecular complexity index is 2190. The zero-order valence-electron chi connectivity index (χ0n) is 42.1. The van der Waals surface area contributed by atoms with Crippen molar-refractivity contribution in [2.24, 2.45) is 5.41 Å². The number of esters is 2. The number of amides is 2. The molecule has 4 saturated heterocycles. The van der Waals surface area contributed by atoms with Crippen LogP contribution in [-0.2, 0) is 60.7 Å². The highest BCUT2D eigenvalue weighted by Crippen LogP contribution is 2.58. The average molecular weight is 1010 g/mol. The largest absolute Gasteiger partial charge is 0.460 e. The molecular formula is C53H75N3O16. The molecule has 0 aromatic heterocycles. The summed E-state index contributed by atoms with van der Waals surface area (Å²) in [5, 5.41) is 57.6. The zero-order valence-corrected chi connectivity index (χ0v) is 42.1. The Kier molecular flexibility index (Phi) is 18.7. The Morgan fingerprint density at radius 2 is 1.62 bits per heavy atom. The van der Waals surface area contributed by atoms with E-state index in [4.69, 9.17) is 33.3 Å². The van der Waals surface area contributed by atoms with Gasteiger partial charge in [0, 0.05) is 37.8 Å². The third kappa shape index (κ3) is 12.7. The van der Waals surface area contributed by atoms with Crippen LogP contribution in [0.25, 0.3) is 6.08 Å². The molecule has 72 heavy (non-hydrogen) atoms. The fourth-order valence-corrected chi connectivity index (χ4v) is 10.5. The lowest BCUT2D eigenvalue weighted by molar-refractivity contribution is -0.298. The molecule has 5 fully saturated rings. The summed E-state index contributed by atoms with van der Waals surface area (Å²) in [6.07, 6.45) is 0.574. The van der Waals surface area contributed by atoms with E-state index >= 15 is 4.79 Å². The van der Waals surface area contributed by atoms with Gasteiger partial charge in [-0.05, 0) is 68.9 Å². The van der Waals surface area contributed by atoms with Gasteiger partial charge in [-0.1, -0.05) is 88.1 Å². The lowest BCUT2D eigenvalue weighted by atomic mass is 9.62. The van der Waals surface area contributed by atoms with E-state index in [0.717, 1.165) is 49.7 Å². The molecule has 4 aliphatic heterocycles. The predicted molar refractivity (Wildman–Crippen MR) is 259 cm³/mol. The molecule has 0 unspecified atom stereocenters. The Labute approximate surface area is 421 Å². The van der Waals surface area contributed by atoms with Crippen LogP contribution in [0, 0.1) is 5.41 Å². The second-order valence-electron chi connectivity index (χ2n) is 20.8. The third-order valence-corrected chi connectivity index (χ3v) is 14.1. The molecular weight excluding hydrogens is 935 g/mol. The number of nitrogens with one attached hydrogen (secondary N) is 2. The Balaban J connectivity index is 1.10. The van der Waals surface area contributed by atoms with Gasteiger partial charge in [-0.3, -0.25) is 24.0 Å². The van der Waals surface area contributed by atoms with Crippen LogP contribution in [0.2, 0.25) is 0 Å². The van der Waals surface area contributed by atoms with Gasteiger partial charge in [-0.15, -0.1) is 0 Å². The van der Waals surface area contributed by atoms with Crippen molar-refractivity contribution in [3.05, 3.63) is 76.9 Å². The van der Waals surface area contributed by atoms with Gasteiger partial charge >= 0.3 is 11.9 Å². The summed E-state index contributed by atoms with van der Waals surface area (Å²) in [5.41, 5.74) is 0.245. The number of nitrogens with zero attached hydrogens (tertiary/aromatic N) is 1. The zero-order chi connectivity index (χ0) is 51.8. The fourth-order valence-electron chi connectivity index (χ4n) is 10.5. The maximum atomic E-state index is 15.2. The Morgan fingerprint density at radius 3 is 2.32 bits per heavy atom. The average Bonchev–Trinajstić information content (AvgIpc) is 3.91. The molecule has 4 heterocycles. The standard InChI is InChI=1S/C53H75N3O16/c1-6-8-10-22-52(23-11-9-7-2)70-43-37-27-53(50(65)54-28-33-16-13-19-35(26-33)47(63)55-36(30-57)20-21-39(59)69-51(3,4)5)45(48(64)67-37)56(72-46(53)44(43)71-52)29-34-17-12-15-32(25-34)18-14-24-66-49-42(62)41(61)40(60)38(31-58)68-49/h12-19,25-26,36-38,40-46,49,57-58,60-62H,6-11,20-24,27-31H2,1-5H3,(H,54,65)(H,55,63)/t36-,37+,38+,40-,41-,42+,43-,44-,45-,46+,49-,53-/m0/s1. The van der Waals surface area contributed by atoms with Crippen molar-refractivity contribution in [2.75, 3.05) is 19.8 Å². The number of hydroxylamine groups is 2. The predicted octanol–water partition coefficient (Wildman–Crippen LogP) is 3.49. The summed E-state index contributed by atoms with van der Waals surface area (Å²) >= 11 is 0. The normalized spacial score (nSPS) is 30.2. The minimum absolute atomic E-state index is 0.000827. The van der Waals surface area contributed by atoms with E-state index in [9.17, 15) is 39.9 Å². The van der Waals surface area contributed by atoms with Crippen molar-refractivity contribution in [1.29, 1.82) is 0 Å². The first kappa shape index (κ1) is 55.4. The van der Waals surface area contributed by atoms with Crippen molar-refractivity contribution in [2.45, 2.75) is 197 Å². The second-order valence-corrected chi connectivity index (χ2v) is 20.8. The highest BCUT2D eigenvalue weighted by molar-refractivity contribution is 5.95. The van der Waals surface area contributed by atoms with Gasteiger partial charge in [0.25, 0.3) is 5.91 Å². The van der Waals surface area contributed by atoms with Gasteiger partial charge in [0.15, 0.2) is 18.1 Å². The van der Waals surface area contributed by atoms with Crippen LogP contribution in [0.1, 0.15) is 132 Å². The van der Waals surface area contributed by atoms with Gasteiger partial charge in [-0.25, -0.2) is 0 Å². The van der Waals surface area contributed by atoms with Gasteiger partial charge < -0.3 is 64.6 Å². The van der Waals surface area contributed by atoms with Gasteiger partial charge in [0.1, 0.15) is 59.8 Å². The molecule has 2 amide bonds. The first-order valence-corrected chi connectivity index (χ1v) is 25.6. The fraction of sp³-hybridized carbons (Fsp3) is 0.660. The summed E-state index contributed by atoms with van der Waals surface area (Å²) in [5.74, 6) is -2.92. The lowest BCUT2D eigenvalue weighted by Crippen LogP contribution is -2.69. The van der Waals surface area contributed by atoms with E-state index in [1.807, 2.05) is 24.3 Å². The molecule has 5 aliphatic rings. The van der Waals surface area contributed by atoms with Crippen LogP contribution in [0.15, 0.2) is 54.6 Å². The number of unbranched alkanes of at least 4 members (excludes halogenated alkanes) is 4. The molecule has 12 atom stereocenters. The quantitative estimate of drug-likeness (QED) is 0.0587. The second kappa shape index (κ2) is 24.3. The summed E-state index contributed by atoms with van der Waals surface area (Å²) in [6.45, 7) is 8.64. The molecule has 7 N–H and O–H groups in total. The number of rotatable bonds is 24. The minimum atomic E-state index is -1.57. The van der Waals surface area contributed by atoms with E-state index in [2.05, 4.69) is 24.5 Å². The molecule has 2 aromatic rings. The smallest absolute Gasteiger partial charge is 0.327 e. The molecule has 2 bridgehead atoms. The molecule has 2 aromatic carbocycles. The molecule has 19 nitrogen and oxygen atoms in total. The molecule has 7 rings (SSSR count). The number of carbonyl (C=O) groups excluding carboxylic acids is 4. The maximum absolute atomic E-state index is 15.2. The molecule has 0 radical (unpaired) electrons. The van der Waals surface area contributed by atoms with Crippen molar-refractivity contribution in [3.63, 3.8) is 0 Å². The Morgan fingerprint density at radius 1 is 0.917 bits per heavy atom. The third-order valence-electron chi connectivity index (χ3n) is 14.1. The number of aliphatic hydroxyl groups excluding tert-OH is 5. The van der Waals surface area contributed by atoms with Crippen LogP contribution in [0.3, 0.4) is 0 Å². The number of ether oxygens (including phenoxy) is 6. The van der Waals surface area contributed by atoms with Crippen molar-refractivity contribution in [3.8, 4) is 0 Å². The van der Waals surface area contributed by atoms with E-state index in [-0.39, 0.29) is 51.1 Å². The van der Waals surface area contributed by atoms with Crippen LogP contribution in [0.5, 0.6) is 0 Å². The maximum Gasteiger partial charge on any atom is 0.327 e. The summed E-state index contributed by atoms with van der Waals surface area (Å²) in [4.78, 5) is 62.2. The number of aliphatic hydroxyl groups is 5. The van der Waals surface area contributed by atoms with Gasteiger partial charge in [0.2, 0.25) is 5.91 Å². The van der Waals surface area contributed by atoms with Crippen molar-refractivity contribution in [1.82, 2.24) is 15.7 Å². The summed E-state index contributed by atoms with van der Waals surface area (Å²) in [7, 11) is 0. The lowest BCUT2D eigenvalue weighted by Gasteiger charge is -2.48. The number of benzene rings is 2. The molecule has 1 aliphatic carbocycles. The first-order valence-electron chi connectivity index (χ1n) is 25.6. The van der Waals surface area contributed by atoms with Crippen molar-refractivity contribution < 1.29 is 78.0 Å². The first-order chi connectivity index (χ1) is 34.4. The van der Waals surface area contributed by atoms with E-state index in [0.29, 0.717) is 18.4 Å². The van der Waals surface area contributed by atoms with Crippen LogP contribution in [-0.4, -0.2) is 153 Å². The van der Waals surface area contributed by atoms with Gasteiger partial charge in [-0.2, -0.15) is 5.06 Å².